The summed E-state index contributed by atoms with van der Waals surface area (Å²) >= 11 is 10.8. The zero-order valence-corrected chi connectivity index (χ0v) is 20.9. The lowest BCUT2D eigenvalue weighted by Gasteiger charge is -2.05. The van der Waals surface area contributed by atoms with Gasteiger partial charge in [0.1, 0.15) is 0 Å². The SMILES string of the molecule is Cc1c(N=Nc2ccc(Br)cc2)sc(=Nc2nnc(-c3ccc(Cl)cc3)o2)n1-c1ccccc1. The molecule has 34 heavy (non-hydrogen) atoms. The Bertz CT molecular complexity index is 1520. The van der Waals surface area contributed by atoms with E-state index in [1.165, 1.54) is 11.3 Å². The summed E-state index contributed by atoms with van der Waals surface area (Å²) in [4.78, 5) is 5.28. The summed E-state index contributed by atoms with van der Waals surface area (Å²) in [5, 5.41) is 18.5. The first-order valence-electron chi connectivity index (χ1n) is 10.2. The van der Waals surface area contributed by atoms with Crippen LogP contribution in [0.1, 0.15) is 5.69 Å². The van der Waals surface area contributed by atoms with Crippen molar-refractivity contribution in [1.29, 1.82) is 0 Å². The topological polar surface area (TPSA) is 80.9 Å². The standard InChI is InChI=1S/C24H16BrClN6OS/c1-15-22(30-28-19-13-9-17(25)10-14-19)34-24(32(15)20-5-3-2-4-6-20)27-23-31-29-21(33-23)16-7-11-18(26)12-8-16/h2-14H,1H3. The smallest absolute Gasteiger partial charge is 0.345 e. The fourth-order valence-electron chi connectivity index (χ4n) is 3.15. The van der Waals surface area contributed by atoms with E-state index in [0.29, 0.717) is 15.7 Å². The van der Waals surface area contributed by atoms with Crippen molar-refractivity contribution in [2.75, 3.05) is 0 Å². The number of nitrogens with zero attached hydrogens (tertiary/aromatic N) is 6. The maximum absolute atomic E-state index is 5.97. The van der Waals surface area contributed by atoms with Gasteiger partial charge in [-0.2, -0.15) is 4.99 Å². The Balaban J connectivity index is 1.57. The van der Waals surface area contributed by atoms with E-state index < -0.39 is 0 Å². The molecule has 0 fully saturated rings. The van der Waals surface area contributed by atoms with E-state index in [9.17, 15) is 0 Å². The van der Waals surface area contributed by atoms with E-state index in [2.05, 4.69) is 41.3 Å². The molecule has 0 radical (unpaired) electrons. The number of halogens is 2. The van der Waals surface area contributed by atoms with Gasteiger partial charge in [-0.1, -0.05) is 62.2 Å². The molecule has 0 saturated heterocycles. The molecule has 0 aliphatic heterocycles. The highest BCUT2D eigenvalue weighted by molar-refractivity contribution is 9.10. The number of hydrogen-bond donors (Lipinski definition) is 0. The van der Waals surface area contributed by atoms with Gasteiger partial charge in [0.05, 0.1) is 11.4 Å². The second-order valence-electron chi connectivity index (χ2n) is 7.13. The van der Waals surface area contributed by atoms with Crippen LogP contribution in [0.25, 0.3) is 17.1 Å². The predicted octanol–water partition coefficient (Wildman–Crippen LogP) is 7.96. The highest BCUT2D eigenvalue weighted by Gasteiger charge is 2.14. The molecule has 3 aromatic carbocycles. The molecule has 0 aliphatic rings. The van der Waals surface area contributed by atoms with Crippen LogP contribution in [-0.2, 0) is 0 Å². The molecule has 10 heteroatoms. The third-order valence-electron chi connectivity index (χ3n) is 4.82. The van der Waals surface area contributed by atoms with Gasteiger partial charge in [0.2, 0.25) is 10.7 Å². The Morgan fingerprint density at radius 2 is 1.65 bits per heavy atom. The first-order valence-corrected chi connectivity index (χ1v) is 12.1. The molecule has 168 valence electrons. The maximum atomic E-state index is 5.97. The average molecular weight is 552 g/mol. The largest absolute Gasteiger partial charge is 0.402 e. The number of thiazole rings is 1. The van der Waals surface area contributed by atoms with Crippen LogP contribution in [0.3, 0.4) is 0 Å². The zero-order chi connectivity index (χ0) is 23.5. The van der Waals surface area contributed by atoms with Gasteiger partial charge < -0.3 is 4.42 Å². The van der Waals surface area contributed by atoms with Gasteiger partial charge in [0.15, 0.2) is 5.00 Å². The number of azo groups is 1. The van der Waals surface area contributed by atoms with Crippen LogP contribution in [0.5, 0.6) is 0 Å². The molecule has 5 aromatic rings. The van der Waals surface area contributed by atoms with Gasteiger partial charge in [-0.05, 0) is 67.6 Å². The molecular weight excluding hydrogens is 536 g/mol. The molecule has 2 aromatic heterocycles. The fourth-order valence-corrected chi connectivity index (χ4v) is 4.50. The van der Waals surface area contributed by atoms with Gasteiger partial charge in [-0.3, -0.25) is 4.57 Å². The normalized spacial score (nSPS) is 12.0. The molecular formula is C24H16BrClN6OS. The molecule has 0 unspecified atom stereocenters. The Morgan fingerprint density at radius 1 is 0.912 bits per heavy atom. The number of benzene rings is 3. The van der Waals surface area contributed by atoms with Crippen LogP contribution in [0, 0.1) is 6.92 Å². The first kappa shape index (κ1) is 22.4. The van der Waals surface area contributed by atoms with E-state index in [-0.39, 0.29) is 6.01 Å². The van der Waals surface area contributed by atoms with Crippen molar-refractivity contribution in [3.05, 3.63) is 98.9 Å². The summed E-state index contributed by atoms with van der Waals surface area (Å²) < 4.78 is 8.78. The second kappa shape index (κ2) is 9.84. The second-order valence-corrected chi connectivity index (χ2v) is 9.44. The molecule has 2 heterocycles. The summed E-state index contributed by atoms with van der Waals surface area (Å²) in [6.45, 7) is 1.98. The molecule has 0 bridgehead atoms. The van der Waals surface area contributed by atoms with Crippen molar-refractivity contribution in [2.45, 2.75) is 6.92 Å². The predicted molar refractivity (Wildman–Crippen MR) is 137 cm³/mol. The first-order chi connectivity index (χ1) is 16.6. The highest BCUT2D eigenvalue weighted by atomic mass is 79.9. The maximum Gasteiger partial charge on any atom is 0.345 e. The van der Waals surface area contributed by atoms with Gasteiger partial charge in [-0.15, -0.1) is 15.3 Å². The lowest BCUT2D eigenvalue weighted by atomic mass is 10.2. The Kier molecular flexibility index (Phi) is 6.48. The third-order valence-corrected chi connectivity index (χ3v) is 6.63. The summed E-state index contributed by atoms with van der Waals surface area (Å²) in [6.07, 6.45) is 0. The van der Waals surface area contributed by atoms with Gasteiger partial charge in [0, 0.05) is 20.7 Å². The van der Waals surface area contributed by atoms with E-state index in [0.717, 1.165) is 32.1 Å². The number of aromatic nitrogens is 3. The van der Waals surface area contributed by atoms with Crippen LogP contribution in [0.4, 0.5) is 16.7 Å². The number of hydrogen-bond acceptors (Lipinski definition) is 7. The molecule has 0 atom stereocenters. The summed E-state index contributed by atoms with van der Waals surface area (Å²) in [6, 6.07) is 24.9. The minimum absolute atomic E-state index is 0.146. The van der Waals surface area contributed by atoms with Gasteiger partial charge in [0.25, 0.3) is 0 Å². The van der Waals surface area contributed by atoms with Crippen LogP contribution >= 0.6 is 38.9 Å². The summed E-state index contributed by atoms with van der Waals surface area (Å²) in [5.74, 6) is 0.366. The van der Waals surface area contributed by atoms with Crippen molar-refractivity contribution >= 4 is 55.6 Å². The molecule has 0 aliphatic carbocycles. The molecule has 0 N–H and O–H groups in total. The molecule has 0 saturated carbocycles. The Hall–Kier alpha value is -3.40. The Morgan fingerprint density at radius 3 is 2.38 bits per heavy atom. The summed E-state index contributed by atoms with van der Waals surface area (Å²) in [5.41, 5.74) is 3.36. The molecule has 0 spiro atoms. The average Bonchev–Trinajstić information content (AvgIpc) is 3.44. The molecule has 5 rings (SSSR count). The van der Waals surface area contributed by atoms with Crippen molar-refractivity contribution in [1.82, 2.24) is 14.8 Å². The van der Waals surface area contributed by atoms with Crippen molar-refractivity contribution < 1.29 is 4.42 Å². The molecule has 7 nitrogen and oxygen atoms in total. The highest BCUT2D eigenvalue weighted by Crippen LogP contribution is 2.29. The van der Waals surface area contributed by atoms with Gasteiger partial charge in [-0.25, -0.2) is 0 Å². The lowest BCUT2D eigenvalue weighted by molar-refractivity contribution is 0.576. The quantitative estimate of drug-likeness (QED) is 0.208. The Labute approximate surface area is 212 Å². The van der Waals surface area contributed by atoms with Gasteiger partial charge >= 0.3 is 6.01 Å². The zero-order valence-electron chi connectivity index (χ0n) is 17.8. The van der Waals surface area contributed by atoms with E-state index >= 15 is 0 Å². The van der Waals surface area contributed by atoms with E-state index in [1.54, 1.807) is 12.1 Å². The summed E-state index contributed by atoms with van der Waals surface area (Å²) in [7, 11) is 0. The molecule has 0 amide bonds. The number of para-hydroxylation sites is 1. The minimum atomic E-state index is 0.146. The van der Waals surface area contributed by atoms with Crippen molar-refractivity contribution in [3.63, 3.8) is 0 Å². The van der Waals surface area contributed by atoms with Crippen molar-refractivity contribution in [3.8, 4) is 17.1 Å². The van der Waals surface area contributed by atoms with Crippen LogP contribution < -0.4 is 4.80 Å². The van der Waals surface area contributed by atoms with E-state index in [1.807, 2.05) is 78.2 Å². The fraction of sp³-hybridized carbons (Fsp3) is 0.0417. The van der Waals surface area contributed by atoms with Crippen LogP contribution in [-0.4, -0.2) is 14.8 Å². The van der Waals surface area contributed by atoms with Crippen LogP contribution in [0.15, 0.2) is 103 Å². The number of rotatable bonds is 5. The van der Waals surface area contributed by atoms with E-state index in [4.69, 9.17) is 16.0 Å². The minimum Gasteiger partial charge on any atom is -0.402 e. The lowest BCUT2D eigenvalue weighted by Crippen LogP contribution is -2.13. The van der Waals surface area contributed by atoms with Crippen molar-refractivity contribution in [2.24, 2.45) is 15.2 Å². The monoisotopic (exact) mass is 550 g/mol. The van der Waals surface area contributed by atoms with Crippen LogP contribution in [0.2, 0.25) is 5.02 Å². The third kappa shape index (κ3) is 4.91.